The molecule has 1 amide bonds. The van der Waals surface area contributed by atoms with E-state index < -0.39 is 58.2 Å². The van der Waals surface area contributed by atoms with Crippen LogP contribution in [0.1, 0.15) is 57.5 Å². The van der Waals surface area contributed by atoms with Crippen LogP contribution in [0.2, 0.25) is 18.1 Å². The predicted octanol–water partition coefficient (Wildman–Crippen LogP) is 7.06. The highest BCUT2D eigenvalue weighted by atomic mass is 31.1. The molecule has 308 valence electrons. The lowest BCUT2D eigenvalue weighted by Crippen LogP contribution is -2.50. The second kappa shape index (κ2) is 17.2. The number of ether oxygens (including phenoxy) is 4. The smallest absolute Gasteiger partial charge is 0.497 e. The summed E-state index contributed by atoms with van der Waals surface area (Å²) in [5.41, 5.74) is 0.556. The first-order chi connectivity index (χ1) is 27.5. The average Bonchev–Trinajstić information content (AvgIpc) is 3.76. The van der Waals surface area contributed by atoms with Crippen molar-refractivity contribution in [3.63, 3.8) is 0 Å². The summed E-state index contributed by atoms with van der Waals surface area (Å²) >= 11 is 0. The van der Waals surface area contributed by atoms with Gasteiger partial charge < -0.3 is 23.4 Å². The molecule has 0 bridgehead atoms. The number of amides is 1. The van der Waals surface area contributed by atoms with Gasteiger partial charge in [-0.05, 0) is 59.1 Å². The molecule has 5 aromatic rings. The van der Waals surface area contributed by atoms with Gasteiger partial charge in [-0.2, -0.15) is 4.98 Å². The summed E-state index contributed by atoms with van der Waals surface area (Å²) < 4.78 is 52.1. The van der Waals surface area contributed by atoms with Crippen molar-refractivity contribution in [2.75, 3.05) is 26.1 Å². The Hall–Kier alpha value is -4.80. The molecule has 0 saturated carbocycles. The molecule has 3 heterocycles. The van der Waals surface area contributed by atoms with Gasteiger partial charge in [0, 0.05) is 10.5 Å². The normalized spacial score (nSPS) is 19.1. The van der Waals surface area contributed by atoms with E-state index in [0.717, 1.165) is 16.7 Å². The Balaban J connectivity index is 1.51. The second-order valence-corrected chi connectivity index (χ2v) is 21.4. The molecule has 58 heavy (non-hydrogen) atoms. The number of carbonyl (C=O) groups excluding carboxylic acids is 1. The summed E-state index contributed by atoms with van der Waals surface area (Å²) in [6.07, 6.45) is -2.93. The van der Waals surface area contributed by atoms with E-state index in [1.54, 1.807) is 28.1 Å². The zero-order valence-electron chi connectivity index (χ0n) is 34.1. The van der Waals surface area contributed by atoms with Crippen LogP contribution in [0, 0.1) is 5.92 Å². The van der Waals surface area contributed by atoms with Gasteiger partial charge >= 0.3 is 8.25 Å². The van der Waals surface area contributed by atoms with Crippen molar-refractivity contribution in [1.29, 1.82) is 0 Å². The molecule has 2 aromatic heterocycles. The maximum absolute atomic E-state index is 13.2. The lowest BCUT2D eigenvalue weighted by atomic mass is 9.80. The van der Waals surface area contributed by atoms with E-state index in [0.29, 0.717) is 11.5 Å². The van der Waals surface area contributed by atoms with Gasteiger partial charge in [0.1, 0.15) is 29.3 Å². The lowest BCUT2D eigenvalue weighted by molar-refractivity contribution is -0.118. The van der Waals surface area contributed by atoms with Crippen molar-refractivity contribution in [1.82, 2.24) is 19.5 Å². The molecule has 1 unspecified atom stereocenters. The highest BCUT2D eigenvalue weighted by molar-refractivity contribution is 7.32. The first-order valence-electron chi connectivity index (χ1n) is 18.9. The standard InChI is InChI=1S/C41H50N5O10PSi/c1-25(2)36(47)44-39-43-35-32(37(48)45-39)42-24-46(35)38-34(55-57(49)50)33(56-58(8,9)40(3,4)5)31(54-38)23-53-41(26-13-11-10-12-14-26,27-15-19-29(51-6)20-16-27)28-17-21-30(52-7)22-18-28/h10-22,24-25,31,33-34,38H,23H2,1-9H3,(H2-,43,44,45,47,48,49,50)/p+1/t31-,33-,34-,38-/m1/s1. The molecule has 0 spiro atoms. The quantitative estimate of drug-likeness (QED) is 0.0555. The molecule has 15 nitrogen and oxygen atoms in total. The Morgan fingerprint density at radius 3 is 2.03 bits per heavy atom. The van der Waals surface area contributed by atoms with Crippen molar-refractivity contribution >= 4 is 39.6 Å². The highest BCUT2D eigenvalue weighted by Crippen LogP contribution is 2.47. The molecular weight excluding hydrogens is 782 g/mol. The number of aromatic nitrogens is 4. The fourth-order valence-corrected chi connectivity index (χ4v) is 8.41. The van der Waals surface area contributed by atoms with Gasteiger partial charge in [0.15, 0.2) is 31.8 Å². The Morgan fingerprint density at radius 2 is 1.52 bits per heavy atom. The topological polar surface area (TPSA) is 185 Å². The predicted molar refractivity (Wildman–Crippen MR) is 221 cm³/mol. The largest absolute Gasteiger partial charge is 0.695 e. The van der Waals surface area contributed by atoms with Gasteiger partial charge in [0.2, 0.25) is 11.9 Å². The third-order valence-corrected chi connectivity index (χ3v) is 15.7. The molecule has 0 radical (unpaired) electrons. The van der Waals surface area contributed by atoms with E-state index in [9.17, 15) is 19.0 Å². The Kier molecular flexibility index (Phi) is 12.7. The number of anilines is 1. The minimum atomic E-state index is -3.19. The molecule has 0 aliphatic carbocycles. The van der Waals surface area contributed by atoms with Gasteiger partial charge in [-0.15, -0.1) is 9.42 Å². The first kappa shape index (κ1) is 42.8. The third-order valence-electron chi connectivity index (χ3n) is 10.8. The maximum atomic E-state index is 13.2. The van der Waals surface area contributed by atoms with Gasteiger partial charge in [0.25, 0.3) is 5.56 Å². The summed E-state index contributed by atoms with van der Waals surface area (Å²) in [7, 11) is -2.66. The average molecular weight is 833 g/mol. The molecular formula is C41H51N5O10PSi+. The van der Waals surface area contributed by atoms with Crippen LogP contribution in [0.5, 0.6) is 11.5 Å². The molecule has 3 aromatic carbocycles. The number of rotatable bonds is 15. The van der Waals surface area contributed by atoms with Gasteiger partial charge in [-0.3, -0.25) is 24.5 Å². The zero-order valence-corrected chi connectivity index (χ0v) is 36.0. The van der Waals surface area contributed by atoms with Crippen LogP contribution in [0.4, 0.5) is 5.95 Å². The summed E-state index contributed by atoms with van der Waals surface area (Å²) in [5, 5.41) is 2.34. The number of imidazole rings is 1. The monoisotopic (exact) mass is 832 g/mol. The van der Waals surface area contributed by atoms with Gasteiger partial charge in [0.05, 0.1) is 27.2 Å². The van der Waals surface area contributed by atoms with Crippen LogP contribution in [0.15, 0.2) is 90.0 Å². The first-order valence-corrected chi connectivity index (χ1v) is 23.0. The maximum Gasteiger partial charge on any atom is 0.695 e. The van der Waals surface area contributed by atoms with Crippen molar-refractivity contribution in [2.24, 2.45) is 5.92 Å². The van der Waals surface area contributed by atoms with Crippen LogP contribution in [-0.2, 0) is 33.4 Å². The number of carbonyl (C=O) groups is 1. The zero-order chi connectivity index (χ0) is 42.0. The number of hydrogen-bond acceptors (Lipinski definition) is 11. The number of hydrogen-bond donors (Lipinski definition) is 3. The van der Waals surface area contributed by atoms with E-state index in [-0.39, 0.29) is 34.7 Å². The van der Waals surface area contributed by atoms with Gasteiger partial charge in [-0.1, -0.05) is 89.2 Å². The van der Waals surface area contributed by atoms with E-state index in [1.807, 2.05) is 78.9 Å². The fourth-order valence-electron chi connectivity index (χ4n) is 6.66. The third kappa shape index (κ3) is 8.64. The summed E-state index contributed by atoms with van der Waals surface area (Å²) in [6, 6.07) is 25.0. The van der Waals surface area contributed by atoms with Crippen LogP contribution >= 0.6 is 8.25 Å². The Bertz CT molecular complexity index is 2230. The number of benzene rings is 3. The summed E-state index contributed by atoms with van der Waals surface area (Å²) in [4.78, 5) is 47.6. The van der Waals surface area contributed by atoms with E-state index in [1.165, 1.54) is 10.9 Å². The van der Waals surface area contributed by atoms with Crippen molar-refractivity contribution in [3.05, 3.63) is 112 Å². The SMILES string of the molecule is COc1ccc(C(OC[C@H]2O[C@@H](n3cnc4c(=O)[nH]c(NC(=O)C(C)C)nc43)[C@H](O[P+](=O)O)[C@@H]2O[Si](C)(C)C(C)(C)C)(c2ccccc2)c2ccc(OC)cc2)cc1. The van der Waals surface area contributed by atoms with Crippen LogP contribution < -0.4 is 20.3 Å². The lowest BCUT2D eigenvalue weighted by Gasteiger charge is -2.41. The molecule has 1 aliphatic rings. The molecule has 3 N–H and O–H groups in total. The molecule has 1 fully saturated rings. The number of H-pyrrole nitrogens is 1. The van der Waals surface area contributed by atoms with Crippen LogP contribution in [-0.4, -0.2) is 77.8 Å². The number of methoxy groups -OCH3 is 2. The van der Waals surface area contributed by atoms with Gasteiger partial charge in [-0.25, -0.2) is 4.98 Å². The van der Waals surface area contributed by atoms with Crippen LogP contribution in [0.25, 0.3) is 11.2 Å². The molecule has 1 saturated heterocycles. The minimum Gasteiger partial charge on any atom is -0.497 e. The van der Waals surface area contributed by atoms with E-state index >= 15 is 0 Å². The number of nitrogens with zero attached hydrogens (tertiary/aromatic N) is 3. The molecule has 6 rings (SSSR count). The number of nitrogens with one attached hydrogen (secondary N) is 2. The number of aromatic amines is 1. The second-order valence-electron chi connectivity index (χ2n) is 15.9. The summed E-state index contributed by atoms with van der Waals surface area (Å²) in [5.74, 6) is 0.475. The molecule has 5 atom stereocenters. The molecule has 1 aliphatic heterocycles. The Morgan fingerprint density at radius 1 is 0.948 bits per heavy atom. The fraction of sp³-hybridized carbons (Fsp3) is 0.415. The highest BCUT2D eigenvalue weighted by Gasteiger charge is 2.56. The van der Waals surface area contributed by atoms with E-state index in [2.05, 4.69) is 54.1 Å². The van der Waals surface area contributed by atoms with Crippen molar-refractivity contribution < 1.29 is 42.2 Å². The molecule has 17 heteroatoms. The van der Waals surface area contributed by atoms with E-state index in [4.69, 9.17) is 27.9 Å². The summed E-state index contributed by atoms with van der Waals surface area (Å²) in [6.45, 7) is 13.7. The van der Waals surface area contributed by atoms with Crippen molar-refractivity contribution in [2.45, 2.75) is 82.9 Å². The Labute approximate surface area is 339 Å². The minimum absolute atomic E-state index is 0.0399. The van der Waals surface area contributed by atoms with Crippen LogP contribution in [0.3, 0.4) is 0 Å². The number of fused-ring (bicyclic) bond motifs is 1. The van der Waals surface area contributed by atoms with Crippen molar-refractivity contribution in [3.8, 4) is 11.5 Å².